The first-order chi connectivity index (χ1) is 17.0. The summed E-state index contributed by atoms with van der Waals surface area (Å²) in [5, 5.41) is 6.22. The van der Waals surface area contributed by atoms with Gasteiger partial charge in [-0.3, -0.25) is 9.59 Å². The molecule has 2 N–H and O–H groups in total. The van der Waals surface area contributed by atoms with Gasteiger partial charge in [0.1, 0.15) is 30.4 Å². The number of hydrogen-bond donors (Lipinski definition) is 2. The van der Waals surface area contributed by atoms with Gasteiger partial charge < -0.3 is 19.9 Å². The van der Waals surface area contributed by atoms with Gasteiger partial charge in [0.25, 0.3) is 0 Å². The van der Waals surface area contributed by atoms with E-state index in [9.17, 15) is 14.0 Å². The predicted molar refractivity (Wildman–Crippen MR) is 128 cm³/mol. The molecule has 35 heavy (non-hydrogen) atoms. The average molecular weight is 496 g/mol. The molecule has 3 aromatic heterocycles. The highest BCUT2D eigenvalue weighted by Crippen LogP contribution is 2.26. The first-order valence-electron chi connectivity index (χ1n) is 10.4. The highest BCUT2D eigenvalue weighted by molar-refractivity contribution is 6.31. The van der Waals surface area contributed by atoms with E-state index >= 15 is 0 Å². The zero-order valence-corrected chi connectivity index (χ0v) is 18.9. The van der Waals surface area contributed by atoms with E-state index in [1.807, 2.05) is 0 Å². The number of hydrogen-bond acceptors (Lipinski definition) is 8. The van der Waals surface area contributed by atoms with E-state index in [0.717, 1.165) is 0 Å². The van der Waals surface area contributed by atoms with Gasteiger partial charge >= 0.3 is 5.97 Å². The number of fused-ring (bicyclic) bond motifs is 1. The van der Waals surface area contributed by atoms with Gasteiger partial charge in [-0.1, -0.05) is 17.7 Å². The summed E-state index contributed by atoms with van der Waals surface area (Å²) >= 11 is 5.84. The standard InChI is InChI=1S/C23H19ClFN7O3/c24-17-10-15(4-5-18(17)25)30-23-16-11-20(27-12-19(16)28-13-29-23)31-21(33)2-1-3-22(34)35-9-8-32-7-6-26-14-32/h1-2,4-7,10-14H,3,8-9H2,(H,27,31,33)(H,28,29,30)/b2-1+. The minimum atomic E-state index is -0.533. The number of ether oxygens (including phenoxy) is 1. The first-order valence-corrected chi connectivity index (χ1v) is 10.8. The van der Waals surface area contributed by atoms with Crippen molar-refractivity contribution in [3.05, 3.63) is 78.5 Å². The summed E-state index contributed by atoms with van der Waals surface area (Å²) < 4.78 is 20.3. The Labute approximate surface area is 203 Å². The molecule has 0 saturated heterocycles. The number of anilines is 3. The number of carbonyl (C=O) groups is 2. The molecular formula is C23H19ClFN7O3. The summed E-state index contributed by atoms with van der Waals surface area (Å²) in [5.41, 5.74) is 1.06. The number of rotatable bonds is 9. The molecule has 0 radical (unpaired) electrons. The van der Waals surface area contributed by atoms with Crippen LogP contribution in [0.1, 0.15) is 6.42 Å². The van der Waals surface area contributed by atoms with Gasteiger partial charge in [-0.2, -0.15) is 0 Å². The smallest absolute Gasteiger partial charge is 0.309 e. The summed E-state index contributed by atoms with van der Waals surface area (Å²) in [7, 11) is 0. The van der Waals surface area contributed by atoms with Crippen LogP contribution >= 0.6 is 11.6 Å². The Balaban J connectivity index is 1.35. The Morgan fingerprint density at radius 3 is 2.89 bits per heavy atom. The topological polar surface area (TPSA) is 124 Å². The van der Waals surface area contributed by atoms with E-state index in [-0.39, 0.29) is 23.9 Å². The van der Waals surface area contributed by atoms with E-state index < -0.39 is 17.7 Å². The number of esters is 1. The van der Waals surface area contributed by atoms with Gasteiger partial charge in [0.05, 0.1) is 36.0 Å². The van der Waals surface area contributed by atoms with Crippen molar-refractivity contribution >= 4 is 51.7 Å². The number of aromatic nitrogens is 5. The number of nitrogens with zero attached hydrogens (tertiary/aromatic N) is 5. The van der Waals surface area contributed by atoms with Crippen LogP contribution in [0, 0.1) is 5.82 Å². The summed E-state index contributed by atoms with van der Waals surface area (Å²) in [6.45, 7) is 0.705. The van der Waals surface area contributed by atoms with Crippen molar-refractivity contribution in [2.24, 2.45) is 0 Å². The van der Waals surface area contributed by atoms with Crippen LogP contribution in [-0.2, 0) is 20.9 Å². The van der Waals surface area contributed by atoms with Crippen molar-refractivity contribution in [2.75, 3.05) is 17.2 Å². The van der Waals surface area contributed by atoms with Crippen molar-refractivity contribution in [1.82, 2.24) is 24.5 Å². The Bertz CT molecular complexity index is 1380. The number of pyridine rings is 1. The fourth-order valence-electron chi connectivity index (χ4n) is 3.01. The summed E-state index contributed by atoms with van der Waals surface area (Å²) in [6, 6.07) is 5.79. The molecule has 178 valence electrons. The largest absolute Gasteiger partial charge is 0.464 e. The highest BCUT2D eigenvalue weighted by Gasteiger charge is 2.09. The van der Waals surface area contributed by atoms with Crippen LogP contribution in [0.15, 0.2) is 67.7 Å². The second-order valence-electron chi connectivity index (χ2n) is 7.18. The van der Waals surface area contributed by atoms with Crippen LogP contribution < -0.4 is 10.6 Å². The van der Waals surface area contributed by atoms with E-state index in [1.165, 1.54) is 42.9 Å². The van der Waals surface area contributed by atoms with Crippen LogP contribution in [0.2, 0.25) is 5.02 Å². The number of halogens is 2. The molecule has 0 spiro atoms. The Hall–Kier alpha value is -4.38. The minimum absolute atomic E-state index is 0.0307. The lowest BCUT2D eigenvalue weighted by molar-refractivity contribution is -0.142. The monoisotopic (exact) mass is 495 g/mol. The fourth-order valence-corrected chi connectivity index (χ4v) is 3.19. The summed E-state index contributed by atoms with van der Waals surface area (Å²) in [4.78, 5) is 40.5. The molecule has 4 rings (SSSR count). The van der Waals surface area contributed by atoms with Crippen molar-refractivity contribution in [1.29, 1.82) is 0 Å². The van der Waals surface area contributed by atoms with Gasteiger partial charge in [-0.25, -0.2) is 24.3 Å². The number of carbonyl (C=O) groups excluding carboxylic acids is 2. The third-order valence-electron chi connectivity index (χ3n) is 4.68. The van der Waals surface area contributed by atoms with Crippen molar-refractivity contribution in [3.63, 3.8) is 0 Å². The Morgan fingerprint density at radius 2 is 2.09 bits per heavy atom. The molecule has 0 aliphatic rings. The molecule has 0 saturated carbocycles. The van der Waals surface area contributed by atoms with Crippen LogP contribution in [0.25, 0.3) is 10.9 Å². The molecule has 4 aromatic rings. The lowest BCUT2D eigenvalue weighted by Crippen LogP contribution is -2.11. The first kappa shape index (κ1) is 23.8. The third-order valence-corrected chi connectivity index (χ3v) is 4.97. The van der Waals surface area contributed by atoms with Crippen molar-refractivity contribution < 1.29 is 18.7 Å². The second-order valence-corrected chi connectivity index (χ2v) is 7.59. The maximum atomic E-state index is 13.4. The molecule has 1 amide bonds. The molecule has 0 atom stereocenters. The lowest BCUT2D eigenvalue weighted by atomic mass is 10.2. The molecule has 1 aromatic carbocycles. The summed E-state index contributed by atoms with van der Waals surface area (Å²) in [5.74, 6) is -0.782. The molecule has 0 unspecified atom stereocenters. The van der Waals surface area contributed by atoms with Crippen LogP contribution in [0.3, 0.4) is 0 Å². The van der Waals surface area contributed by atoms with E-state index in [1.54, 1.807) is 29.4 Å². The molecule has 0 fully saturated rings. The molecule has 12 heteroatoms. The van der Waals surface area contributed by atoms with Crippen molar-refractivity contribution in [3.8, 4) is 0 Å². The maximum Gasteiger partial charge on any atom is 0.309 e. The maximum absolute atomic E-state index is 13.4. The molecule has 10 nitrogen and oxygen atoms in total. The highest BCUT2D eigenvalue weighted by atomic mass is 35.5. The van der Waals surface area contributed by atoms with Crippen LogP contribution in [0.5, 0.6) is 0 Å². The second kappa shape index (κ2) is 11.2. The normalized spacial score (nSPS) is 11.0. The fraction of sp³-hybridized carbons (Fsp3) is 0.130. The van der Waals surface area contributed by atoms with Gasteiger partial charge in [-0.15, -0.1) is 0 Å². The Kier molecular flexibility index (Phi) is 7.58. The zero-order valence-electron chi connectivity index (χ0n) is 18.2. The minimum Gasteiger partial charge on any atom is -0.464 e. The average Bonchev–Trinajstić information content (AvgIpc) is 3.35. The predicted octanol–water partition coefficient (Wildman–Crippen LogP) is 3.89. The van der Waals surface area contributed by atoms with Gasteiger partial charge in [0.15, 0.2) is 0 Å². The molecule has 3 heterocycles. The van der Waals surface area contributed by atoms with Crippen LogP contribution in [0.4, 0.5) is 21.7 Å². The van der Waals surface area contributed by atoms with Crippen molar-refractivity contribution in [2.45, 2.75) is 13.0 Å². The van der Waals surface area contributed by atoms with E-state index in [4.69, 9.17) is 16.3 Å². The lowest BCUT2D eigenvalue weighted by Gasteiger charge is -2.10. The number of imidazole rings is 1. The molecule has 0 aliphatic carbocycles. The Morgan fingerprint density at radius 1 is 1.20 bits per heavy atom. The van der Waals surface area contributed by atoms with Gasteiger partial charge in [0.2, 0.25) is 5.91 Å². The third kappa shape index (κ3) is 6.58. The van der Waals surface area contributed by atoms with Gasteiger partial charge in [-0.05, 0) is 30.3 Å². The molecule has 0 bridgehead atoms. The quantitative estimate of drug-likeness (QED) is 0.265. The summed E-state index contributed by atoms with van der Waals surface area (Å²) in [6.07, 6.45) is 10.5. The molecule has 0 aliphatic heterocycles. The van der Waals surface area contributed by atoms with Crippen LogP contribution in [-0.4, -0.2) is 43.0 Å². The van der Waals surface area contributed by atoms with Gasteiger partial charge in [0, 0.05) is 23.5 Å². The zero-order chi connectivity index (χ0) is 24.6. The number of amides is 1. The van der Waals surface area contributed by atoms with E-state index in [2.05, 4.69) is 30.6 Å². The molecular weight excluding hydrogens is 477 g/mol. The number of nitrogens with one attached hydrogen (secondary N) is 2. The SMILES string of the molecule is O=C(/C=C/CC(=O)OCCn1ccnc1)Nc1cc2c(Nc3ccc(F)c(Cl)c3)ncnc2cn1. The van der Waals surface area contributed by atoms with E-state index in [0.29, 0.717) is 29.0 Å². The number of benzene rings is 1.